The molecule has 0 aliphatic heterocycles. The van der Waals surface area contributed by atoms with Crippen molar-refractivity contribution in [1.82, 2.24) is 24.8 Å². The first-order valence-corrected chi connectivity index (χ1v) is 11.0. The number of nitrogens with one attached hydrogen (secondary N) is 1. The Morgan fingerprint density at radius 2 is 2.07 bits per heavy atom. The fraction of sp³-hybridized carbons (Fsp3) is 0.143. The molecule has 6 nitrogen and oxygen atoms in total. The summed E-state index contributed by atoms with van der Waals surface area (Å²) in [6.07, 6.45) is 5.36. The third-order valence-corrected chi connectivity index (χ3v) is 6.07. The molecule has 0 atom stereocenters. The number of thioether (sulfide) groups is 1. The fourth-order valence-corrected chi connectivity index (χ4v) is 4.46. The summed E-state index contributed by atoms with van der Waals surface area (Å²) in [7, 11) is 0. The van der Waals surface area contributed by atoms with E-state index in [1.165, 1.54) is 0 Å². The Balaban J connectivity index is 1.43. The Hall–Kier alpha value is -2.97. The van der Waals surface area contributed by atoms with E-state index >= 15 is 0 Å². The van der Waals surface area contributed by atoms with Gasteiger partial charge in [-0.25, -0.2) is 15.0 Å². The van der Waals surface area contributed by atoms with Gasteiger partial charge in [-0.3, -0.25) is 9.36 Å². The van der Waals surface area contributed by atoms with Crippen molar-refractivity contribution in [2.24, 2.45) is 0 Å². The number of nitrogens with zero attached hydrogens (tertiary/aromatic N) is 4. The van der Waals surface area contributed by atoms with E-state index in [0.29, 0.717) is 12.1 Å². The van der Waals surface area contributed by atoms with Gasteiger partial charge in [0.05, 0.1) is 16.8 Å². The molecular weight excluding hydrogens is 402 g/mol. The number of aromatic nitrogens is 4. The molecule has 0 saturated heterocycles. The highest BCUT2D eigenvalue weighted by Gasteiger charge is 2.12. The minimum atomic E-state index is -0.0939. The Bertz CT molecular complexity index is 1110. The normalized spacial score (nSPS) is 10.8. The molecule has 146 valence electrons. The third kappa shape index (κ3) is 4.72. The molecule has 1 amide bonds. The third-order valence-electron chi connectivity index (χ3n) is 4.33. The molecule has 0 radical (unpaired) electrons. The zero-order valence-corrected chi connectivity index (χ0v) is 17.4. The van der Waals surface area contributed by atoms with Gasteiger partial charge in [-0.05, 0) is 36.8 Å². The Kier molecular flexibility index (Phi) is 6.02. The maximum Gasteiger partial charge on any atom is 0.252 e. The van der Waals surface area contributed by atoms with Gasteiger partial charge >= 0.3 is 0 Å². The van der Waals surface area contributed by atoms with Gasteiger partial charge in [0.1, 0.15) is 11.6 Å². The highest BCUT2D eigenvalue weighted by molar-refractivity contribution is 7.98. The maximum absolute atomic E-state index is 12.8. The zero-order valence-electron chi connectivity index (χ0n) is 15.8. The number of carbonyl (C=O) groups excluding carboxylic acids is 1. The predicted molar refractivity (Wildman–Crippen MR) is 115 cm³/mol. The standard InChI is InChI=1S/C21H19N5OS2/c1-15-22-8-9-26(15)20-10-16(6-7-23-20)11-24-21(27)18-4-2-3-5-19(18)29-13-17-12-28-14-25-17/h2-10,12,14H,11,13H2,1H3,(H,24,27). The number of benzene rings is 1. The van der Waals surface area contributed by atoms with Crippen molar-refractivity contribution < 1.29 is 4.79 Å². The van der Waals surface area contributed by atoms with Crippen LogP contribution in [0.3, 0.4) is 0 Å². The lowest BCUT2D eigenvalue weighted by Crippen LogP contribution is -2.23. The number of hydrogen-bond donors (Lipinski definition) is 1. The van der Waals surface area contributed by atoms with Crippen molar-refractivity contribution in [2.75, 3.05) is 0 Å². The van der Waals surface area contributed by atoms with Crippen LogP contribution in [0.2, 0.25) is 0 Å². The first-order chi connectivity index (χ1) is 14.2. The SMILES string of the molecule is Cc1nccn1-c1cc(CNC(=O)c2ccccc2SCc2cscn2)ccn1. The van der Waals surface area contributed by atoms with Crippen LogP contribution in [0.15, 0.2) is 70.8 Å². The minimum Gasteiger partial charge on any atom is -0.348 e. The number of hydrogen-bond acceptors (Lipinski definition) is 6. The van der Waals surface area contributed by atoms with E-state index in [-0.39, 0.29) is 5.91 Å². The van der Waals surface area contributed by atoms with E-state index in [2.05, 4.69) is 20.3 Å². The van der Waals surface area contributed by atoms with Crippen molar-refractivity contribution in [2.45, 2.75) is 24.1 Å². The molecule has 0 fully saturated rings. The molecule has 3 heterocycles. The van der Waals surface area contributed by atoms with Crippen LogP contribution in [0.1, 0.15) is 27.4 Å². The molecule has 29 heavy (non-hydrogen) atoms. The van der Waals surface area contributed by atoms with E-state index in [0.717, 1.165) is 33.5 Å². The molecule has 4 rings (SSSR count). The van der Waals surface area contributed by atoms with Gasteiger partial charge in [0.25, 0.3) is 5.91 Å². The maximum atomic E-state index is 12.8. The predicted octanol–water partition coefficient (Wildman–Crippen LogP) is 4.25. The summed E-state index contributed by atoms with van der Waals surface area (Å²) < 4.78 is 1.91. The highest BCUT2D eigenvalue weighted by Crippen LogP contribution is 2.26. The summed E-state index contributed by atoms with van der Waals surface area (Å²) in [6, 6.07) is 11.5. The van der Waals surface area contributed by atoms with Crippen LogP contribution in [0.25, 0.3) is 5.82 Å². The quantitative estimate of drug-likeness (QED) is 0.452. The Morgan fingerprint density at radius 3 is 2.86 bits per heavy atom. The van der Waals surface area contributed by atoms with Gasteiger partial charge < -0.3 is 5.32 Å². The molecule has 0 spiro atoms. The van der Waals surface area contributed by atoms with Crippen LogP contribution in [-0.2, 0) is 12.3 Å². The lowest BCUT2D eigenvalue weighted by atomic mass is 10.2. The van der Waals surface area contributed by atoms with Gasteiger partial charge in [0, 0.05) is 41.2 Å². The summed E-state index contributed by atoms with van der Waals surface area (Å²) >= 11 is 3.20. The highest BCUT2D eigenvalue weighted by atomic mass is 32.2. The number of rotatable bonds is 7. The van der Waals surface area contributed by atoms with Crippen molar-refractivity contribution in [3.05, 3.63) is 88.5 Å². The number of imidazole rings is 1. The van der Waals surface area contributed by atoms with Crippen LogP contribution in [-0.4, -0.2) is 25.4 Å². The molecule has 1 aromatic carbocycles. The Morgan fingerprint density at radius 1 is 1.17 bits per heavy atom. The van der Waals surface area contributed by atoms with Crippen LogP contribution in [0, 0.1) is 6.92 Å². The average molecular weight is 422 g/mol. The van der Waals surface area contributed by atoms with Crippen molar-refractivity contribution in [3.8, 4) is 5.82 Å². The second-order valence-electron chi connectivity index (χ2n) is 6.31. The molecule has 0 aliphatic carbocycles. The fourth-order valence-electron chi connectivity index (χ4n) is 2.84. The molecule has 0 aliphatic rings. The topological polar surface area (TPSA) is 72.7 Å². The lowest BCUT2D eigenvalue weighted by Gasteiger charge is -2.11. The molecule has 0 saturated carbocycles. The molecule has 4 aromatic rings. The van der Waals surface area contributed by atoms with Crippen LogP contribution >= 0.6 is 23.1 Å². The molecule has 0 unspecified atom stereocenters. The largest absolute Gasteiger partial charge is 0.348 e. The average Bonchev–Trinajstić information content (AvgIpc) is 3.42. The van der Waals surface area contributed by atoms with Crippen molar-refractivity contribution in [1.29, 1.82) is 0 Å². The summed E-state index contributed by atoms with van der Waals surface area (Å²) in [6.45, 7) is 2.35. The second-order valence-corrected chi connectivity index (χ2v) is 8.05. The monoisotopic (exact) mass is 421 g/mol. The van der Waals surface area contributed by atoms with E-state index in [9.17, 15) is 4.79 Å². The first kappa shape index (κ1) is 19.4. The van der Waals surface area contributed by atoms with Gasteiger partial charge in [-0.1, -0.05) is 12.1 Å². The van der Waals surface area contributed by atoms with E-state index in [1.807, 2.05) is 65.0 Å². The number of carbonyl (C=O) groups is 1. The van der Waals surface area contributed by atoms with Gasteiger partial charge in [0.2, 0.25) is 0 Å². The smallest absolute Gasteiger partial charge is 0.252 e. The molecule has 1 N–H and O–H groups in total. The number of amides is 1. The summed E-state index contributed by atoms with van der Waals surface area (Å²) in [5.74, 6) is 2.30. The molecule has 8 heteroatoms. The van der Waals surface area contributed by atoms with Crippen LogP contribution in [0.5, 0.6) is 0 Å². The molecule has 0 bridgehead atoms. The van der Waals surface area contributed by atoms with Gasteiger partial charge in [-0.15, -0.1) is 23.1 Å². The van der Waals surface area contributed by atoms with Crippen molar-refractivity contribution >= 4 is 29.0 Å². The van der Waals surface area contributed by atoms with Gasteiger partial charge in [-0.2, -0.15) is 0 Å². The summed E-state index contributed by atoms with van der Waals surface area (Å²) in [5, 5.41) is 5.04. The minimum absolute atomic E-state index is 0.0939. The van der Waals surface area contributed by atoms with E-state index in [4.69, 9.17) is 0 Å². The second kappa shape index (κ2) is 9.02. The number of pyridine rings is 1. The number of thiazole rings is 1. The lowest BCUT2D eigenvalue weighted by molar-refractivity contribution is 0.0948. The summed E-state index contributed by atoms with van der Waals surface area (Å²) in [4.78, 5) is 26.7. The zero-order chi connectivity index (χ0) is 20.1. The van der Waals surface area contributed by atoms with Crippen LogP contribution < -0.4 is 5.32 Å². The molecular formula is C21H19N5OS2. The van der Waals surface area contributed by atoms with Gasteiger partial charge in [0.15, 0.2) is 0 Å². The first-order valence-electron chi connectivity index (χ1n) is 9.03. The van der Waals surface area contributed by atoms with E-state index < -0.39 is 0 Å². The van der Waals surface area contributed by atoms with Crippen molar-refractivity contribution in [3.63, 3.8) is 0 Å². The van der Waals surface area contributed by atoms with E-state index in [1.54, 1.807) is 35.5 Å². The Labute approximate surface area is 177 Å². The number of aryl methyl sites for hydroxylation is 1. The summed E-state index contributed by atoms with van der Waals surface area (Å²) in [5.41, 5.74) is 4.49. The molecule has 3 aromatic heterocycles. The van der Waals surface area contributed by atoms with Crippen LogP contribution in [0.4, 0.5) is 0 Å².